The highest BCUT2D eigenvalue weighted by Gasteiger charge is 2.00. The highest BCUT2D eigenvalue weighted by Crippen LogP contribution is 2.27. The Morgan fingerprint density at radius 3 is 2.75 bits per heavy atom. The van der Waals surface area contributed by atoms with Crippen molar-refractivity contribution in [1.82, 2.24) is 0 Å². The van der Waals surface area contributed by atoms with Crippen LogP contribution in [0.25, 0.3) is 0 Å². The van der Waals surface area contributed by atoms with Crippen molar-refractivity contribution in [3.63, 3.8) is 0 Å². The van der Waals surface area contributed by atoms with Gasteiger partial charge in [-0.15, -0.1) is 0 Å². The van der Waals surface area contributed by atoms with Gasteiger partial charge in [-0.3, -0.25) is 0 Å². The maximum absolute atomic E-state index is 8.62. The summed E-state index contributed by atoms with van der Waals surface area (Å²) in [7, 11) is 1.60. The van der Waals surface area contributed by atoms with Gasteiger partial charge in [0.2, 0.25) is 0 Å². The number of benzene rings is 1. The third-order valence-electron chi connectivity index (χ3n) is 2.32. The summed E-state index contributed by atoms with van der Waals surface area (Å²) in [6.07, 6.45) is 2.95. The zero-order chi connectivity index (χ0) is 11.8. The second-order valence-corrected chi connectivity index (χ2v) is 3.97. The fraction of sp³-hybridized carbons (Fsp3) is 0.500. The van der Waals surface area contributed by atoms with Gasteiger partial charge >= 0.3 is 0 Å². The van der Waals surface area contributed by atoms with Gasteiger partial charge in [0.25, 0.3) is 0 Å². The Morgan fingerprint density at radius 1 is 1.31 bits per heavy atom. The van der Waals surface area contributed by atoms with E-state index in [2.05, 4.69) is 5.32 Å². The van der Waals surface area contributed by atoms with E-state index in [1.807, 2.05) is 18.2 Å². The van der Waals surface area contributed by atoms with Crippen molar-refractivity contribution in [1.29, 1.82) is 0 Å². The Balaban J connectivity index is 2.34. The van der Waals surface area contributed by atoms with E-state index >= 15 is 0 Å². The smallest absolute Gasteiger partial charge is 0.137 e. The zero-order valence-electron chi connectivity index (χ0n) is 9.50. The van der Waals surface area contributed by atoms with Crippen molar-refractivity contribution in [2.75, 3.05) is 25.6 Å². The number of ether oxygens (including phenoxy) is 1. The molecule has 1 aromatic rings. The van der Waals surface area contributed by atoms with Crippen molar-refractivity contribution >= 4 is 17.3 Å². The van der Waals surface area contributed by atoms with Gasteiger partial charge < -0.3 is 15.2 Å². The van der Waals surface area contributed by atoms with E-state index in [1.54, 1.807) is 7.11 Å². The van der Waals surface area contributed by atoms with Crippen molar-refractivity contribution in [2.24, 2.45) is 0 Å². The average Bonchev–Trinajstić information content (AvgIpc) is 2.29. The molecule has 90 valence electrons. The Kier molecular flexibility index (Phi) is 6.04. The number of anilines is 1. The lowest BCUT2D eigenvalue weighted by Gasteiger charge is -2.08. The molecule has 2 N–H and O–H groups in total. The van der Waals surface area contributed by atoms with E-state index < -0.39 is 0 Å². The van der Waals surface area contributed by atoms with Gasteiger partial charge in [-0.1, -0.05) is 11.6 Å². The lowest BCUT2D eigenvalue weighted by molar-refractivity contribution is 0.283. The highest BCUT2D eigenvalue weighted by atomic mass is 35.5. The van der Waals surface area contributed by atoms with Crippen LogP contribution in [0.3, 0.4) is 0 Å². The lowest BCUT2D eigenvalue weighted by Crippen LogP contribution is -2.01. The second kappa shape index (κ2) is 7.36. The molecule has 0 saturated carbocycles. The summed E-state index contributed by atoms with van der Waals surface area (Å²) in [5.41, 5.74) is 0.995. The first-order chi connectivity index (χ1) is 7.77. The number of unbranched alkanes of at least 4 members (excludes halogenated alkanes) is 2. The van der Waals surface area contributed by atoms with Gasteiger partial charge in [0, 0.05) is 18.8 Å². The van der Waals surface area contributed by atoms with Gasteiger partial charge in [-0.2, -0.15) is 0 Å². The SMILES string of the molecule is COc1ccc(NCCCCCO)cc1Cl. The highest BCUT2D eigenvalue weighted by molar-refractivity contribution is 6.32. The first kappa shape index (κ1) is 13.1. The van der Waals surface area contributed by atoms with Gasteiger partial charge in [0.05, 0.1) is 12.1 Å². The Bertz CT molecular complexity index is 318. The third kappa shape index (κ3) is 4.29. The molecule has 16 heavy (non-hydrogen) atoms. The molecule has 0 unspecified atom stereocenters. The summed E-state index contributed by atoms with van der Waals surface area (Å²) < 4.78 is 5.07. The molecule has 0 aliphatic carbocycles. The van der Waals surface area contributed by atoms with Crippen LogP contribution in [0.1, 0.15) is 19.3 Å². The fourth-order valence-corrected chi connectivity index (χ4v) is 1.68. The predicted octanol–water partition coefficient (Wildman–Crippen LogP) is 2.92. The van der Waals surface area contributed by atoms with Crippen LogP contribution in [0.2, 0.25) is 5.02 Å². The Hall–Kier alpha value is -0.930. The minimum absolute atomic E-state index is 0.272. The minimum Gasteiger partial charge on any atom is -0.495 e. The van der Waals surface area contributed by atoms with Gasteiger partial charge in [-0.05, 0) is 37.5 Å². The van der Waals surface area contributed by atoms with Crippen LogP contribution in [0.4, 0.5) is 5.69 Å². The number of hydrogen-bond donors (Lipinski definition) is 2. The third-order valence-corrected chi connectivity index (χ3v) is 2.61. The van der Waals surface area contributed by atoms with Gasteiger partial charge in [-0.25, -0.2) is 0 Å². The molecule has 0 radical (unpaired) electrons. The molecule has 0 aliphatic heterocycles. The molecule has 0 aliphatic rings. The molecule has 0 bridgehead atoms. The Labute approximate surface area is 101 Å². The first-order valence-corrected chi connectivity index (χ1v) is 5.84. The molecular formula is C12H18ClNO2. The maximum Gasteiger partial charge on any atom is 0.137 e. The van der Waals surface area contributed by atoms with E-state index in [-0.39, 0.29) is 6.61 Å². The second-order valence-electron chi connectivity index (χ2n) is 3.56. The molecule has 1 aromatic carbocycles. The number of rotatable bonds is 7. The van der Waals surface area contributed by atoms with E-state index in [1.165, 1.54) is 0 Å². The van der Waals surface area contributed by atoms with E-state index in [0.29, 0.717) is 10.8 Å². The van der Waals surface area contributed by atoms with E-state index in [9.17, 15) is 0 Å². The molecule has 0 heterocycles. The van der Waals surface area contributed by atoms with Crippen LogP contribution >= 0.6 is 11.6 Å². The van der Waals surface area contributed by atoms with E-state index in [0.717, 1.165) is 31.5 Å². The molecule has 0 aromatic heterocycles. The van der Waals surface area contributed by atoms with Crippen molar-refractivity contribution in [2.45, 2.75) is 19.3 Å². The Morgan fingerprint density at radius 2 is 2.12 bits per heavy atom. The predicted molar refractivity (Wildman–Crippen MR) is 67.4 cm³/mol. The van der Waals surface area contributed by atoms with Crippen molar-refractivity contribution < 1.29 is 9.84 Å². The van der Waals surface area contributed by atoms with Crippen LogP contribution < -0.4 is 10.1 Å². The van der Waals surface area contributed by atoms with Crippen LogP contribution in [0.5, 0.6) is 5.75 Å². The zero-order valence-corrected chi connectivity index (χ0v) is 10.3. The largest absolute Gasteiger partial charge is 0.495 e. The number of nitrogens with one attached hydrogen (secondary N) is 1. The summed E-state index contributed by atoms with van der Waals surface area (Å²) in [6, 6.07) is 5.64. The summed E-state index contributed by atoms with van der Waals surface area (Å²) in [6.45, 7) is 1.16. The number of aliphatic hydroxyl groups is 1. The number of halogens is 1. The monoisotopic (exact) mass is 243 g/mol. The molecule has 0 atom stereocenters. The average molecular weight is 244 g/mol. The van der Waals surface area contributed by atoms with Gasteiger partial charge in [0.15, 0.2) is 0 Å². The normalized spacial score (nSPS) is 10.2. The molecule has 4 heteroatoms. The van der Waals surface area contributed by atoms with Crippen molar-refractivity contribution in [3.05, 3.63) is 23.2 Å². The molecule has 0 saturated heterocycles. The van der Waals surface area contributed by atoms with Crippen LogP contribution in [0, 0.1) is 0 Å². The summed E-state index contributed by atoms with van der Waals surface area (Å²) in [5.74, 6) is 0.687. The fourth-order valence-electron chi connectivity index (χ4n) is 1.42. The molecule has 0 fully saturated rings. The standard InChI is InChI=1S/C12H18ClNO2/c1-16-12-6-5-10(9-11(12)13)14-7-3-2-4-8-15/h5-6,9,14-15H,2-4,7-8H2,1H3. The summed E-state index contributed by atoms with van der Waals surface area (Å²) in [5, 5.41) is 12.5. The van der Waals surface area contributed by atoms with Crippen molar-refractivity contribution in [3.8, 4) is 5.75 Å². The summed E-state index contributed by atoms with van der Waals surface area (Å²) in [4.78, 5) is 0. The van der Waals surface area contributed by atoms with E-state index in [4.69, 9.17) is 21.4 Å². The lowest BCUT2D eigenvalue weighted by atomic mass is 10.2. The topological polar surface area (TPSA) is 41.5 Å². The first-order valence-electron chi connectivity index (χ1n) is 5.46. The number of methoxy groups -OCH3 is 1. The minimum atomic E-state index is 0.272. The van der Waals surface area contributed by atoms with Gasteiger partial charge in [0.1, 0.15) is 5.75 Å². The van der Waals surface area contributed by atoms with Crippen LogP contribution in [-0.2, 0) is 0 Å². The van der Waals surface area contributed by atoms with Crippen LogP contribution in [-0.4, -0.2) is 25.4 Å². The maximum atomic E-state index is 8.62. The molecular weight excluding hydrogens is 226 g/mol. The molecule has 3 nitrogen and oxygen atoms in total. The van der Waals surface area contributed by atoms with Crippen LogP contribution in [0.15, 0.2) is 18.2 Å². The summed E-state index contributed by atoms with van der Waals surface area (Å²) >= 11 is 5.99. The quantitative estimate of drug-likeness (QED) is 0.724. The number of hydrogen-bond acceptors (Lipinski definition) is 3. The molecule has 1 rings (SSSR count). The molecule has 0 amide bonds. The number of aliphatic hydroxyl groups excluding tert-OH is 1. The molecule has 0 spiro atoms.